The van der Waals surface area contributed by atoms with E-state index in [2.05, 4.69) is 6.92 Å². The molecule has 76 valence electrons. The second-order valence-electron chi connectivity index (χ2n) is 4.03. The Morgan fingerprint density at radius 1 is 1.46 bits per heavy atom. The first-order chi connectivity index (χ1) is 6.11. The van der Waals surface area contributed by atoms with Crippen LogP contribution in [0.4, 0.5) is 0 Å². The van der Waals surface area contributed by atoms with Crippen LogP contribution in [0.3, 0.4) is 0 Å². The first kappa shape index (κ1) is 10.5. The van der Waals surface area contributed by atoms with Crippen molar-refractivity contribution in [3.63, 3.8) is 0 Å². The number of carbonyl (C=O) groups is 1. The highest BCUT2D eigenvalue weighted by Gasteiger charge is 2.25. The molecule has 1 aliphatic rings. The molecule has 1 saturated carbocycles. The molecule has 0 aromatic heterocycles. The van der Waals surface area contributed by atoms with Gasteiger partial charge in [-0.3, -0.25) is 4.79 Å². The van der Waals surface area contributed by atoms with Crippen LogP contribution in [0.25, 0.3) is 0 Å². The highest BCUT2D eigenvalue weighted by molar-refractivity contribution is 5.75. The molecule has 0 unspecified atom stereocenters. The van der Waals surface area contributed by atoms with Crippen molar-refractivity contribution < 1.29 is 9.53 Å². The minimum atomic E-state index is -0.492. The average Bonchev–Trinajstić information content (AvgIpc) is 2.08. The Morgan fingerprint density at radius 2 is 2.08 bits per heavy atom. The van der Waals surface area contributed by atoms with E-state index >= 15 is 0 Å². The van der Waals surface area contributed by atoms with Crippen molar-refractivity contribution in [2.24, 2.45) is 11.7 Å². The summed E-state index contributed by atoms with van der Waals surface area (Å²) in [5.41, 5.74) is 5.42. The molecule has 0 aliphatic heterocycles. The maximum Gasteiger partial charge on any atom is 0.322 e. The molecule has 0 heterocycles. The fraction of sp³-hybridized carbons (Fsp3) is 0.900. The lowest BCUT2D eigenvalue weighted by Gasteiger charge is -2.28. The summed E-state index contributed by atoms with van der Waals surface area (Å²) in [5, 5.41) is 0. The van der Waals surface area contributed by atoms with Gasteiger partial charge in [-0.15, -0.1) is 0 Å². The second-order valence-corrected chi connectivity index (χ2v) is 4.03. The molecule has 0 spiro atoms. The van der Waals surface area contributed by atoms with Gasteiger partial charge < -0.3 is 10.5 Å². The molecule has 3 heteroatoms. The van der Waals surface area contributed by atoms with Crippen LogP contribution in [-0.4, -0.2) is 18.1 Å². The molecule has 2 N–H and O–H groups in total. The van der Waals surface area contributed by atoms with Crippen molar-refractivity contribution in [3.05, 3.63) is 0 Å². The van der Waals surface area contributed by atoms with E-state index in [1.54, 1.807) is 6.92 Å². The molecule has 0 radical (unpaired) electrons. The summed E-state index contributed by atoms with van der Waals surface area (Å²) in [6.45, 7) is 3.80. The van der Waals surface area contributed by atoms with E-state index in [1.807, 2.05) is 0 Å². The molecule has 13 heavy (non-hydrogen) atoms. The van der Waals surface area contributed by atoms with E-state index in [4.69, 9.17) is 10.5 Å². The van der Waals surface area contributed by atoms with Gasteiger partial charge in [-0.25, -0.2) is 0 Å². The van der Waals surface area contributed by atoms with Gasteiger partial charge in [0.25, 0.3) is 0 Å². The summed E-state index contributed by atoms with van der Waals surface area (Å²) in [6, 6.07) is -0.492. The highest BCUT2D eigenvalue weighted by Crippen LogP contribution is 2.26. The lowest BCUT2D eigenvalue weighted by Crippen LogP contribution is -2.35. The van der Waals surface area contributed by atoms with Crippen molar-refractivity contribution in [2.45, 2.75) is 51.7 Å². The van der Waals surface area contributed by atoms with Gasteiger partial charge in [0.2, 0.25) is 0 Å². The third kappa shape index (κ3) is 2.99. The molecule has 3 atom stereocenters. The first-order valence-corrected chi connectivity index (χ1v) is 5.07. The Labute approximate surface area is 79.6 Å². The molecule has 0 saturated heterocycles. The summed E-state index contributed by atoms with van der Waals surface area (Å²) in [7, 11) is 0. The maximum absolute atomic E-state index is 11.2. The molecule has 0 aromatic carbocycles. The molecule has 1 fully saturated rings. The first-order valence-electron chi connectivity index (χ1n) is 5.07. The largest absolute Gasteiger partial charge is 0.461 e. The van der Waals surface area contributed by atoms with E-state index < -0.39 is 6.04 Å². The van der Waals surface area contributed by atoms with Gasteiger partial charge in [-0.2, -0.15) is 0 Å². The third-order valence-corrected chi connectivity index (χ3v) is 2.67. The van der Waals surface area contributed by atoms with Gasteiger partial charge in [0.05, 0.1) is 0 Å². The van der Waals surface area contributed by atoms with Gasteiger partial charge in [0, 0.05) is 0 Å². The number of carbonyl (C=O) groups excluding carboxylic acids is 1. The lowest BCUT2D eigenvalue weighted by molar-refractivity contribution is -0.154. The number of esters is 1. The fourth-order valence-electron chi connectivity index (χ4n) is 1.71. The number of hydrogen-bond acceptors (Lipinski definition) is 3. The van der Waals surface area contributed by atoms with Crippen molar-refractivity contribution >= 4 is 5.97 Å². The minimum Gasteiger partial charge on any atom is -0.461 e. The Hall–Kier alpha value is -0.570. The molecule has 1 rings (SSSR count). The minimum absolute atomic E-state index is 0.104. The summed E-state index contributed by atoms with van der Waals surface area (Å²) in [4.78, 5) is 11.2. The summed E-state index contributed by atoms with van der Waals surface area (Å²) in [5.74, 6) is 0.232. The van der Waals surface area contributed by atoms with Crippen LogP contribution in [0.5, 0.6) is 0 Å². The van der Waals surface area contributed by atoms with Gasteiger partial charge in [0.1, 0.15) is 12.1 Å². The summed E-state index contributed by atoms with van der Waals surface area (Å²) in [6.07, 6.45) is 4.69. The van der Waals surface area contributed by atoms with Crippen molar-refractivity contribution in [1.29, 1.82) is 0 Å². The smallest absolute Gasteiger partial charge is 0.322 e. The Bertz CT molecular complexity index is 180. The van der Waals surface area contributed by atoms with Crippen LogP contribution in [-0.2, 0) is 9.53 Å². The van der Waals surface area contributed by atoms with Gasteiger partial charge >= 0.3 is 5.97 Å². The standard InChI is InChI=1S/C10H19NO2/c1-7-5-3-4-6-9(7)13-10(12)8(2)11/h7-9H,3-6,11H2,1-2H3/t7-,8-,9-/m1/s1. The normalized spacial score (nSPS) is 31.0. The SMILES string of the molecule is C[C@@H]1CCCC[C@H]1OC(=O)[C@@H](C)N. The van der Waals surface area contributed by atoms with Gasteiger partial charge in [-0.1, -0.05) is 13.3 Å². The Morgan fingerprint density at radius 3 is 2.62 bits per heavy atom. The Kier molecular flexibility index (Phi) is 3.72. The van der Waals surface area contributed by atoms with E-state index in [-0.39, 0.29) is 12.1 Å². The van der Waals surface area contributed by atoms with Crippen LogP contribution < -0.4 is 5.73 Å². The predicted molar refractivity (Wildman–Crippen MR) is 51.2 cm³/mol. The zero-order chi connectivity index (χ0) is 9.84. The zero-order valence-corrected chi connectivity index (χ0v) is 8.45. The van der Waals surface area contributed by atoms with Crippen LogP contribution in [0, 0.1) is 5.92 Å². The van der Waals surface area contributed by atoms with Crippen molar-refractivity contribution in [1.82, 2.24) is 0 Å². The summed E-state index contributed by atoms with van der Waals surface area (Å²) >= 11 is 0. The molecular formula is C10H19NO2. The van der Waals surface area contributed by atoms with Crippen molar-refractivity contribution in [3.8, 4) is 0 Å². The maximum atomic E-state index is 11.2. The lowest BCUT2D eigenvalue weighted by atomic mass is 9.88. The topological polar surface area (TPSA) is 52.3 Å². The molecule has 1 aliphatic carbocycles. The highest BCUT2D eigenvalue weighted by atomic mass is 16.5. The van der Waals surface area contributed by atoms with Crippen molar-refractivity contribution in [2.75, 3.05) is 0 Å². The van der Waals surface area contributed by atoms with E-state index in [0.29, 0.717) is 5.92 Å². The van der Waals surface area contributed by atoms with Crippen LogP contribution in [0.15, 0.2) is 0 Å². The zero-order valence-electron chi connectivity index (χ0n) is 8.45. The van der Waals surface area contributed by atoms with Crippen LogP contribution in [0.1, 0.15) is 39.5 Å². The number of nitrogens with two attached hydrogens (primary N) is 1. The van der Waals surface area contributed by atoms with E-state index in [9.17, 15) is 4.79 Å². The van der Waals surface area contributed by atoms with E-state index in [1.165, 1.54) is 12.8 Å². The molecule has 0 bridgehead atoms. The van der Waals surface area contributed by atoms with Gasteiger partial charge in [0.15, 0.2) is 0 Å². The number of ether oxygens (including phenoxy) is 1. The molecule has 3 nitrogen and oxygen atoms in total. The summed E-state index contributed by atoms with van der Waals surface area (Å²) < 4.78 is 5.30. The van der Waals surface area contributed by atoms with Crippen LogP contribution >= 0.6 is 0 Å². The number of rotatable bonds is 2. The second kappa shape index (κ2) is 4.61. The van der Waals surface area contributed by atoms with Crippen LogP contribution in [0.2, 0.25) is 0 Å². The van der Waals surface area contributed by atoms with Gasteiger partial charge in [-0.05, 0) is 32.1 Å². The third-order valence-electron chi connectivity index (χ3n) is 2.67. The van der Waals surface area contributed by atoms with E-state index in [0.717, 1.165) is 12.8 Å². The average molecular weight is 185 g/mol. The molecule has 0 aromatic rings. The molecule has 0 amide bonds. The monoisotopic (exact) mass is 185 g/mol. The predicted octanol–water partition coefficient (Wildman–Crippen LogP) is 1.46. The Balaban J connectivity index is 2.38. The number of hydrogen-bond donors (Lipinski definition) is 1. The fourth-order valence-corrected chi connectivity index (χ4v) is 1.71. The molecular weight excluding hydrogens is 166 g/mol. The quantitative estimate of drug-likeness (QED) is 0.662.